The Hall–Kier alpha value is -0.220. The lowest BCUT2D eigenvalue weighted by Crippen LogP contribution is -2.28. The summed E-state index contributed by atoms with van der Waals surface area (Å²) < 4.78 is 0. The van der Waals surface area contributed by atoms with E-state index >= 15 is 0 Å². The van der Waals surface area contributed by atoms with Gasteiger partial charge in [0.2, 0.25) is 0 Å². The van der Waals surface area contributed by atoms with Crippen LogP contribution >= 0.6 is 23.4 Å². The fourth-order valence-corrected chi connectivity index (χ4v) is 2.26. The third kappa shape index (κ3) is 5.42. The Morgan fingerprint density at radius 1 is 1.53 bits per heavy atom. The number of thioether (sulfide) groups is 1. The molecule has 0 radical (unpaired) electrons. The summed E-state index contributed by atoms with van der Waals surface area (Å²) in [4.78, 5) is 1.10. The summed E-state index contributed by atoms with van der Waals surface area (Å²) in [5.41, 5.74) is 0. The van der Waals surface area contributed by atoms with E-state index in [0.29, 0.717) is 12.3 Å². The predicted octanol–water partition coefficient (Wildman–Crippen LogP) is 2.40. The number of rotatable bonds is 6. The first-order chi connectivity index (χ1) is 7.22. The quantitative estimate of drug-likeness (QED) is 0.755. The van der Waals surface area contributed by atoms with Gasteiger partial charge in [0.05, 0.1) is 6.10 Å². The van der Waals surface area contributed by atoms with Crippen molar-refractivity contribution in [3.63, 3.8) is 0 Å². The zero-order valence-electron chi connectivity index (χ0n) is 8.74. The second-order valence-electron chi connectivity index (χ2n) is 3.23. The van der Waals surface area contributed by atoms with Crippen molar-refractivity contribution in [1.29, 1.82) is 0 Å². The summed E-state index contributed by atoms with van der Waals surface area (Å²) in [6, 6.07) is 7.67. The number of aliphatic hydroxyl groups is 1. The Bertz CT molecular complexity index is 296. The van der Waals surface area contributed by atoms with Gasteiger partial charge in [0, 0.05) is 22.2 Å². The van der Waals surface area contributed by atoms with Crippen molar-refractivity contribution >= 4 is 23.4 Å². The number of hydrogen-bond acceptors (Lipinski definition) is 3. The van der Waals surface area contributed by atoms with Gasteiger partial charge >= 0.3 is 0 Å². The van der Waals surface area contributed by atoms with Gasteiger partial charge < -0.3 is 10.4 Å². The first-order valence-electron chi connectivity index (χ1n) is 4.99. The van der Waals surface area contributed by atoms with E-state index in [-0.39, 0.29) is 6.10 Å². The van der Waals surface area contributed by atoms with E-state index in [1.165, 1.54) is 0 Å². The maximum atomic E-state index is 9.59. The fourth-order valence-electron chi connectivity index (χ4n) is 1.12. The summed E-state index contributed by atoms with van der Waals surface area (Å²) >= 11 is 7.47. The number of likely N-dealkylation sites (N-methyl/N-ethyl adjacent to an activating group) is 1. The van der Waals surface area contributed by atoms with Crippen LogP contribution in [0.5, 0.6) is 0 Å². The first-order valence-corrected chi connectivity index (χ1v) is 6.36. The molecule has 0 bridgehead atoms. The van der Waals surface area contributed by atoms with E-state index in [1.807, 2.05) is 31.2 Å². The highest BCUT2D eigenvalue weighted by atomic mass is 35.5. The highest BCUT2D eigenvalue weighted by Gasteiger charge is 2.04. The van der Waals surface area contributed by atoms with Crippen LogP contribution in [0.2, 0.25) is 5.02 Å². The van der Waals surface area contributed by atoms with Crippen LogP contribution in [0, 0.1) is 0 Å². The summed E-state index contributed by atoms with van der Waals surface area (Å²) in [7, 11) is 0. The van der Waals surface area contributed by atoms with Crippen LogP contribution in [-0.4, -0.2) is 30.1 Å². The van der Waals surface area contributed by atoms with Crippen LogP contribution in [-0.2, 0) is 0 Å². The molecule has 0 saturated heterocycles. The molecule has 2 nitrogen and oxygen atoms in total. The second-order valence-corrected chi connectivity index (χ2v) is 4.76. The molecule has 15 heavy (non-hydrogen) atoms. The predicted molar refractivity (Wildman–Crippen MR) is 66.7 cm³/mol. The van der Waals surface area contributed by atoms with Gasteiger partial charge in [-0.2, -0.15) is 0 Å². The summed E-state index contributed by atoms with van der Waals surface area (Å²) in [6.45, 7) is 3.56. The monoisotopic (exact) mass is 245 g/mol. The molecule has 0 aliphatic heterocycles. The third-order valence-electron chi connectivity index (χ3n) is 1.87. The van der Waals surface area contributed by atoms with Crippen molar-refractivity contribution in [3.8, 4) is 0 Å². The minimum atomic E-state index is -0.311. The summed E-state index contributed by atoms with van der Waals surface area (Å²) in [5.74, 6) is 0.688. The molecule has 1 aromatic carbocycles. The van der Waals surface area contributed by atoms with E-state index in [0.717, 1.165) is 16.5 Å². The van der Waals surface area contributed by atoms with Gasteiger partial charge in [0.15, 0.2) is 0 Å². The molecule has 84 valence electrons. The van der Waals surface area contributed by atoms with E-state index in [9.17, 15) is 5.11 Å². The molecule has 0 fully saturated rings. The standard InChI is InChI=1S/C11H16ClNOS/c1-2-13-7-10(14)8-15-11-5-3-4-9(12)6-11/h3-6,10,13-14H,2,7-8H2,1H3. The molecule has 0 aliphatic carbocycles. The molecule has 0 spiro atoms. The maximum absolute atomic E-state index is 9.59. The zero-order chi connectivity index (χ0) is 11.1. The normalized spacial score (nSPS) is 12.7. The van der Waals surface area contributed by atoms with Crippen LogP contribution in [0.3, 0.4) is 0 Å². The number of hydrogen-bond donors (Lipinski definition) is 2. The minimum absolute atomic E-state index is 0.311. The molecule has 1 atom stereocenters. The SMILES string of the molecule is CCNCC(O)CSc1cccc(Cl)c1. The average Bonchev–Trinajstić information content (AvgIpc) is 2.23. The molecule has 4 heteroatoms. The molecule has 0 amide bonds. The number of nitrogens with one attached hydrogen (secondary N) is 1. The van der Waals surface area contributed by atoms with Gasteiger partial charge in [0.1, 0.15) is 0 Å². The highest BCUT2D eigenvalue weighted by Crippen LogP contribution is 2.21. The Labute approximate surface area is 100 Å². The van der Waals surface area contributed by atoms with Crippen molar-refractivity contribution in [1.82, 2.24) is 5.32 Å². The van der Waals surface area contributed by atoms with E-state index in [2.05, 4.69) is 5.32 Å². The molecule has 0 saturated carbocycles. The fraction of sp³-hybridized carbons (Fsp3) is 0.455. The zero-order valence-corrected chi connectivity index (χ0v) is 10.3. The Balaban J connectivity index is 2.30. The molecule has 0 heterocycles. The highest BCUT2D eigenvalue weighted by molar-refractivity contribution is 7.99. The minimum Gasteiger partial charge on any atom is -0.391 e. The third-order valence-corrected chi connectivity index (χ3v) is 3.24. The number of benzene rings is 1. The molecule has 1 unspecified atom stereocenters. The lowest BCUT2D eigenvalue weighted by atomic mass is 10.4. The summed E-state index contributed by atoms with van der Waals surface area (Å²) in [6.07, 6.45) is -0.311. The second kappa shape index (κ2) is 7.12. The largest absolute Gasteiger partial charge is 0.391 e. The Kier molecular flexibility index (Phi) is 6.10. The van der Waals surface area contributed by atoms with Crippen LogP contribution in [0.4, 0.5) is 0 Å². The molecule has 2 N–H and O–H groups in total. The van der Waals surface area contributed by atoms with Gasteiger partial charge in [-0.15, -0.1) is 11.8 Å². The van der Waals surface area contributed by atoms with Gasteiger partial charge in [-0.25, -0.2) is 0 Å². The topological polar surface area (TPSA) is 32.3 Å². The van der Waals surface area contributed by atoms with Crippen LogP contribution in [0.1, 0.15) is 6.92 Å². The average molecular weight is 246 g/mol. The van der Waals surface area contributed by atoms with Gasteiger partial charge in [-0.05, 0) is 24.7 Å². The van der Waals surface area contributed by atoms with Gasteiger partial charge in [-0.3, -0.25) is 0 Å². The lowest BCUT2D eigenvalue weighted by molar-refractivity contribution is 0.197. The smallest absolute Gasteiger partial charge is 0.0758 e. The van der Waals surface area contributed by atoms with Crippen molar-refractivity contribution in [2.45, 2.75) is 17.9 Å². The van der Waals surface area contributed by atoms with Crippen molar-refractivity contribution in [2.24, 2.45) is 0 Å². The number of halogens is 1. The van der Waals surface area contributed by atoms with Crippen LogP contribution < -0.4 is 5.32 Å². The van der Waals surface area contributed by atoms with E-state index in [1.54, 1.807) is 11.8 Å². The Morgan fingerprint density at radius 2 is 2.33 bits per heavy atom. The molecule has 1 rings (SSSR count). The van der Waals surface area contributed by atoms with E-state index < -0.39 is 0 Å². The van der Waals surface area contributed by atoms with Crippen molar-refractivity contribution in [2.75, 3.05) is 18.8 Å². The molecular weight excluding hydrogens is 230 g/mol. The molecule has 1 aromatic rings. The summed E-state index contributed by atoms with van der Waals surface area (Å²) in [5, 5.41) is 13.4. The Morgan fingerprint density at radius 3 is 3.00 bits per heavy atom. The van der Waals surface area contributed by atoms with Crippen molar-refractivity contribution in [3.05, 3.63) is 29.3 Å². The van der Waals surface area contributed by atoms with Crippen LogP contribution in [0.15, 0.2) is 29.2 Å². The number of aliphatic hydroxyl groups excluding tert-OH is 1. The lowest BCUT2D eigenvalue weighted by Gasteiger charge is -2.10. The van der Waals surface area contributed by atoms with Crippen LogP contribution in [0.25, 0.3) is 0 Å². The van der Waals surface area contributed by atoms with Crippen molar-refractivity contribution < 1.29 is 5.11 Å². The molecule has 0 aromatic heterocycles. The van der Waals surface area contributed by atoms with Gasteiger partial charge in [-0.1, -0.05) is 24.6 Å². The maximum Gasteiger partial charge on any atom is 0.0758 e. The van der Waals surface area contributed by atoms with Gasteiger partial charge in [0.25, 0.3) is 0 Å². The van der Waals surface area contributed by atoms with E-state index in [4.69, 9.17) is 11.6 Å². The molecule has 0 aliphatic rings. The first kappa shape index (κ1) is 12.8. The molecular formula is C11H16ClNOS.